The molecule has 4 nitrogen and oxygen atoms in total. The van der Waals surface area contributed by atoms with Crippen LogP contribution in [0.3, 0.4) is 0 Å². The van der Waals surface area contributed by atoms with E-state index in [1.807, 2.05) is 19.1 Å². The minimum absolute atomic E-state index is 0.0286. The molecule has 4 heteroatoms. The molecule has 0 aromatic carbocycles. The summed E-state index contributed by atoms with van der Waals surface area (Å²) < 4.78 is 0. The maximum atomic E-state index is 11.8. The van der Waals surface area contributed by atoms with Gasteiger partial charge in [0.05, 0.1) is 6.04 Å². The van der Waals surface area contributed by atoms with Crippen LogP contribution >= 0.6 is 0 Å². The second kappa shape index (κ2) is 7.01. The molecule has 17 heavy (non-hydrogen) atoms. The lowest BCUT2D eigenvalue weighted by molar-refractivity contribution is -0.131. The van der Waals surface area contributed by atoms with Gasteiger partial charge in [0.15, 0.2) is 0 Å². The number of aromatic nitrogens is 1. The molecular weight excluding hydrogens is 214 g/mol. The summed E-state index contributed by atoms with van der Waals surface area (Å²) in [6.07, 6.45) is 6.05. The van der Waals surface area contributed by atoms with Gasteiger partial charge in [0, 0.05) is 26.0 Å². The van der Waals surface area contributed by atoms with Crippen molar-refractivity contribution in [3.05, 3.63) is 30.1 Å². The van der Waals surface area contributed by atoms with E-state index in [9.17, 15) is 4.79 Å². The van der Waals surface area contributed by atoms with Gasteiger partial charge >= 0.3 is 0 Å². The quantitative estimate of drug-likeness (QED) is 0.806. The smallest absolute Gasteiger partial charge is 0.239 e. The van der Waals surface area contributed by atoms with E-state index in [4.69, 9.17) is 5.73 Å². The molecule has 94 valence electrons. The predicted octanol–water partition coefficient (Wildman–Crippen LogP) is 1.21. The first kappa shape index (κ1) is 13.6. The molecule has 1 amide bonds. The van der Waals surface area contributed by atoms with Gasteiger partial charge < -0.3 is 10.6 Å². The maximum Gasteiger partial charge on any atom is 0.239 e. The van der Waals surface area contributed by atoms with Crippen molar-refractivity contribution >= 4 is 5.91 Å². The zero-order chi connectivity index (χ0) is 12.7. The molecule has 0 spiro atoms. The van der Waals surface area contributed by atoms with Gasteiger partial charge in [0.1, 0.15) is 0 Å². The molecule has 1 atom stereocenters. The van der Waals surface area contributed by atoms with E-state index < -0.39 is 0 Å². The van der Waals surface area contributed by atoms with Gasteiger partial charge in [-0.25, -0.2) is 0 Å². The Morgan fingerprint density at radius 3 is 2.71 bits per heavy atom. The van der Waals surface area contributed by atoms with Crippen LogP contribution in [-0.4, -0.2) is 35.4 Å². The Labute approximate surface area is 103 Å². The largest absolute Gasteiger partial charge is 0.344 e. The van der Waals surface area contributed by atoms with Gasteiger partial charge in [0.25, 0.3) is 0 Å². The van der Waals surface area contributed by atoms with E-state index in [-0.39, 0.29) is 11.9 Å². The van der Waals surface area contributed by atoms with Crippen molar-refractivity contribution in [3.8, 4) is 0 Å². The van der Waals surface area contributed by atoms with Crippen molar-refractivity contribution in [2.75, 3.05) is 13.6 Å². The number of likely N-dealkylation sites (N-methyl/N-ethyl adjacent to an activating group) is 1. The molecular formula is C13H21N3O. The van der Waals surface area contributed by atoms with E-state index in [0.717, 1.165) is 19.3 Å². The predicted molar refractivity (Wildman–Crippen MR) is 68.5 cm³/mol. The lowest BCUT2D eigenvalue weighted by atomic mass is 10.1. The van der Waals surface area contributed by atoms with Gasteiger partial charge in [-0.1, -0.05) is 13.3 Å². The molecule has 1 aromatic heterocycles. The first-order chi connectivity index (χ1) is 8.15. The zero-order valence-electron chi connectivity index (χ0n) is 10.6. The summed E-state index contributed by atoms with van der Waals surface area (Å²) in [7, 11) is 1.80. The molecule has 0 aliphatic carbocycles. The third-order valence-electron chi connectivity index (χ3n) is 2.78. The number of pyridine rings is 1. The molecule has 0 aliphatic rings. The van der Waals surface area contributed by atoms with E-state index >= 15 is 0 Å². The molecule has 0 aliphatic heterocycles. The molecule has 0 radical (unpaired) electrons. The summed E-state index contributed by atoms with van der Waals surface area (Å²) in [5.41, 5.74) is 6.98. The lowest BCUT2D eigenvalue weighted by Gasteiger charge is -2.21. The highest BCUT2D eigenvalue weighted by molar-refractivity contribution is 5.81. The van der Waals surface area contributed by atoms with Crippen LogP contribution in [-0.2, 0) is 11.2 Å². The number of hydrogen-bond acceptors (Lipinski definition) is 3. The van der Waals surface area contributed by atoms with Crippen LogP contribution in [0, 0.1) is 0 Å². The van der Waals surface area contributed by atoms with Crippen molar-refractivity contribution in [1.82, 2.24) is 9.88 Å². The van der Waals surface area contributed by atoms with E-state index in [1.165, 1.54) is 5.56 Å². The van der Waals surface area contributed by atoms with Crippen LogP contribution in [0.1, 0.15) is 25.3 Å². The third kappa shape index (κ3) is 4.53. The van der Waals surface area contributed by atoms with Gasteiger partial charge in [-0.05, 0) is 30.5 Å². The summed E-state index contributed by atoms with van der Waals surface area (Å²) >= 11 is 0. The minimum atomic E-state index is -0.359. The maximum absolute atomic E-state index is 11.8. The molecule has 0 saturated heterocycles. The average molecular weight is 235 g/mol. The monoisotopic (exact) mass is 235 g/mol. The Bertz CT molecular complexity index is 340. The van der Waals surface area contributed by atoms with Gasteiger partial charge in [-0.3, -0.25) is 9.78 Å². The fraction of sp³-hybridized carbons (Fsp3) is 0.538. The average Bonchev–Trinajstić information content (AvgIpc) is 2.36. The first-order valence-electron chi connectivity index (χ1n) is 6.04. The Kier molecular flexibility index (Phi) is 5.63. The summed E-state index contributed by atoms with van der Waals surface area (Å²) in [4.78, 5) is 17.5. The Balaban J connectivity index is 2.39. The second-order valence-electron chi connectivity index (χ2n) is 4.26. The molecule has 0 fully saturated rings. The van der Waals surface area contributed by atoms with Crippen LogP contribution < -0.4 is 5.73 Å². The van der Waals surface area contributed by atoms with Crippen molar-refractivity contribution in [1.29, 1.82) is 0 Å². The number of carbonyl (C=O) groups is 1. The lowest BCUT2D eigenvalue weighted by Crippen LogP contribution is -2.42. The molecule has 1 aromatic rings. The van der Waals surface area contributed by atoms with Gasteiger partial charge in [-0.2, -0.15) is 0 Å². The van der Waals surface area contributed by atoms with Crippen molar-refractivity contribution in [2.45, 2.75) is 32.2 Å². The highest BCUT2D eigenvalue weighted by atomic mass is 16.2. The highest BCUT2D eigenvalue weighted by Gasteiger charge is 2.16. The first-order valence-corrected chi connectivity index (χ1v) is 6.04. The molecule has 1 unspecified atom stereocenters. The van der Waals surface area contributed by atoms with Crippen molar-refractivity contribution < 1.29 is 4.79 Å². The van der Waals surface area contributed by atoms with Crippen molar-refractivity contribution in [2.24, 2.45) is 5.73 Å². The van der Waals surface area contributed by atoms with Gasteiger partial charge in [-0.15, -0.1) is 0 Å². The summed E-state index contributed by atoms with van der Waals surface area (Å²) in [6, 6.07) is 3.57. The van der Waals surface area contributed by atoms with Crippen LogP contribution in [0.25, 0.3) is 0 Å². The Hall–Kier alpha value is -1.42. The Morgan fingerprint density at radius 2 is 2.12 bits per heavy atom. The topological polar surface area (TPSA) is 59.2 Å². The second-order valence-corrected chi connectivity index (χ2v) is 4.26. The number of amides is 1. The standard InChI is InChI=1S/C13H21N3O/c1-3-4-12(14)13(17)16(2)10-7-11-5-8-15-9-6-11/h5-6,8-9,12H,3-4,7,10,14H2,1-2H3. The van der Waals surface area contributed by atoms with E-state index in [1.54, 1.807) is 24.3 Å². The number of hydrogen-bond donors (Lipinski definition) is 1. The summed E-state index contributed by atoms with van der Waals surface area (Å²) in [6.45, 7) is 2.73. The summed E-state index contributed by atoms with van der Waals surface area (Å²) in [5.74, 6) is 0.0286. The molecule has 0 bridgehead atoms. The van der Waals surface area contributed by atoms with E-state index in [2.05, 4.69) is 4.98 Å². The molecule has 0 saturated carbocycles. The third-order valence-corrected chi connectivity index (χ3v) is 2.78. The number of carbonyl (C=O) groups excluding carboxylic acids is 1. The van der Waals surface area contributed by atoms with Crippen molar-refractivity contribution in [3.63, 3.8) is 0 Å². The molecule has 2 N–H and O–H groups in total. The molecule has 1 rings (SSSR count). The van der Waals surface area contributed by atoms with Crippen LogP contribution in [0.2, 0.25) is 0 Å². The summed E-state index contributed by atoms with van der Waals surface area (Å²) in [5, 5.41) is 0. The number of nitrogens with zero attached hydrogens (tertiary/aromatic N) is 2. The Morgan fingerprint density at radius 1 is 1.47 bits per heavy atom. The van der Waals surface area contributed by atoms with Crippen LogP contribution in [0.5, 0.6) is 0 Å². The van der Waals surface area contributed by atoms with E-state index in [0.29, 0.717) is 6.54 Å². The van der Waals surface area contributed by atoms with Crippen LogP contribution in [0.4, 0.5) is 0 Å². The highest BCUT2D eigenvalue weighted by Crippen LogP contribution is 2.02. The van der Waals surface area contributed by atoms with Gasteiger partial charge in [0.2, 0.25) is 5.91 Å². The zero-order valence-corrected chi connectivity index (χ0v) is 10.6. The fourth-order valence-corrected chi connectivity index (χ4v) is 1.67. The molecule has 1 heterocycles. The van der Waals surface area contributed by atoms with Crippen LogP contribution in [0.15, 0.2) is 24.5 Å². The SMILES string of the molecule is CCCC(N)C(=O)N(C)CCc1ccncc1. The normalized spacial score (nSPS) is 12.2. The minimum Gasteiger partial charge on any atom is -0.344 e. The number of rotatable bonds is 6. The fourth-order valence-electron chi connectivity index (χ4n) is 1.67. The number of nitrogens with two attached hydrogens (primary N) is 1.